The number of rotatable bonds is 6. The zero-order valence-corrected chi connectivity index (χ0v) is 13.9. The number of amides is 1. The van der Waals surface area contributed by atoms with Gasteiger partial charge in [0.05, 0.1) is 14.2 Å². The highest BCUT2D eigenvalue weighted by Crippen LogP contribution is 2.41. The zero-order valence-electron chi connectivity index (χ0n) is 13.9. The van der Waals surface area contributed by atoms with Gasteiger partial charge >= 0.3 is 0 Å². The van der Waals surface area contributed by atoms with Crippen LogP contribution in [0.2, 0.25) is 0 Å². The Morgan fingerprint density at radius 1 is 1.17 bits per heavy atom. The predicted octanol–water partition coefficient (Wildman–Crippen LogP) is 3.17. The highest BCUT2D eigenvalue weighted by molar-refractivity contribution is 5.91. The summed E-state index contributed by atoms with van der Waals surface area (Å²) in [6, 6.07) is 13.8. The van der Waals surface area contributed by atoms with Gasteiger partial charge in [-0.2, -0.15) is 0 Å². The van der Waals surface area contributed by atoms with E-state index in [1.165, 1.54) is 11.1 Å². The molecule has 4 nitrogen and oxygen atoms in total. The second-order valence-electron chi connectivity index (χ2n) is 5.80. The summed E-state index contributed by atoms with van der Waals surface area (Å²) in [5.41, 5.74) is 3.49. The van der Waals surface area contributed by atoms with Crippen LogP contribution < -0.4 is 14.8 Å². The van der Waals surface area contributed by atoms with Crippen LogP contribution >= 0.6 is 0 Å². The van der Waals surface area contributed by atoms with E-state index in [2.05, 4.69) is 5.32 Å². The molecule has 0 radical (unpaired) electrons. The maximum atomic E-state index is 12.0. The minimum atomic E-state index is -0.0761. The van der Waals surface area contributed by atoms with Crippen molar-refractivity contribution in [3.63, 3.8) is 0 Å². The van der Waals surface area contributed by atoms with Gasteiger partial charge in [-0.05, 0) is 41.3 Å². The van der Waals surface area contributed by atoms with Crippen molar-refractivity contribution >= 4 is 12.0 Å². The van der Waals surface area contributed by atoms with E-state index < -0.39 is 0 Å². The quantitative estimate of drug-likeness (QED) is 0.831. The molecule has 0 aromatic heterocycles. The maximum absolute atomic E-state index is 12.0. The van der Waals surface area contributed by atoms with E-state index in [4.69, 9.17) is 9.47 Å². The molecule has 3 rings (SSSR count). The minimum Gasteiger partial charge on any atom is -0.493 e. The maximum Gasteiger partial charge on any atom is 0.244 e. The molecule has 0 heterocycles. The van der Waals surface area contributed by atoms with Crippen LogP contribution in [0.15, 0.2) is 48.5 Å². The fourth-order valence-corrected chi connectivity index (χ4v) is 2.94. The summed E-state index contributed by atoms with van der Waals surface area (Å²) in [5.74, 6) is 1.74. The number of benzene rings is 2. The van der Waals surface area contributed by atoms with E-state index in [0.717, 1.165) is 23.5 Å². The molecule has 1 amide bonds. The van der Waals surface area contributed by atoms with Crippen molar-refractivity contribution in [1.29, 1.82) is 0 Å². The number of ether oxygens (including phenoxy) is 2. The van der Waals surface area contributed by atoms with Crippen molar-refractivity contribution in [2.24, 2.45) is 0 Å². The minimum absolute atomic E-state index is 0.0761. The molecule has 0 fully saturated rings. The summed E-state index contributed by atoms with van der Waals surface area (Å²) in [7, 11) is 3.27. The number of methoxy groups -OCH3 is 2. The average molecular weight is 323 g/mol. The molecule has 0 spiro atoms. The molecule has 2 aromatic carbocycles. The van der Waals surface area contributed by atoms with Crippen LogP contribution in [0.4, 0.5) is 0 Å². The van der Waals surface area contributed by atoms with Crippen molar-refractivity contribution < 1.29 is 14.3 Å². The molecule has 0 saturated carbocycles. The van der Waals surface area contributed by atoms with Crippen molar-refractivity contribution in [2.45, 2.75) is 12.3 Å². The number of carbonyl (C=O) groups is 1. The van der Waals surface area contributed by atoms with Crippen molar-refractivity contribution in [3.05, 3.63) is 65.2 Å². The molecule has 1 atom stereocenters. The lowest BCUT2D eigenvalue weighted by Crippen LogP contribution is -2.32. The number of hydrogen-bond donors (Lipinski definition) is 1. The second kappa shape index (κ2) is 7.21. The van der Waals surface area contributed by atoms with E-state index in [1.54, 1.807) is 20.3 Å². The number of hydrogen-bond acceptors (Lipinski definition) is 3. The Hall–Kier alpha value is -2.75. The Bertz CT molecular complexity index is 753. The highest BCUT2D eigenvalue weighted by Gasteiger charge is 2.28. The summed E-state index contributed by atoms with van der Waals surface area (Å²) in [5, 5.41) is 2.96. The first-order valence-electron chi connectivity index (χ1n) is 7.97. The van der Waals surface area contributed by atoms with Crippen LogP contribution in [-0.2, 0) is 11.2 Å². The van der Waals surface area contributed by atoms with E-state index in [0.29, 0.717) is 12.5 Å². The third-order valence-corrected chi connectivity index (χ3v) is 4.30. The van der Waals surface area contributed by atoms with Gasteiger partial charge in [0.1, 0.15) is 0 Å². The van der Waals surface area contributed by atoms with E-state index >= 15 is 0 Å². The normalized spacial score (nSPS) is 15.5. The van der Waals surface area contributed by atoms with E-state index in [9.17, 15) is 4.79 Å². The van der Waals surface area contributed by atoms with Gasteiger partial charge in [0.2, 0.25) is 5.91 Å². The van der Waals surface area contributed by atoms with E-state index in [-0.39, 0.29) is 5.91 Å². The van der Waals surface area contributed by atoms with Gasteiger partial charge in [-0.25, -0.2) is 0 Å². The van der Waals surface area contributed by atoms with Gasteiger partial charge in [-0.1, -0.05) is 30.3 Å². The number of nitrogens with one attached hydrogen (secondary N) is 1. The SMILES string of the molecule is COc1cc2c(cc1OC)[C@@H](CNC(=O)/C=C\c1ccccc1)C2. The van der Waals surface area contributed by atoms with Crippen LogP contribution in [0.25, 0.3) is 6.08 Å². The summed E-state index contributed by atoms with van der Waals surface area (Å²) in [6.07, 6.45) is 4.33. The molecular weight excluding hydrogens is 302 g/mol. The Morgan fingerprint density at radius 3 is 2.58 bits per heavy atom. The Balaban J connectivity index is 1.57. The van der Waals surface area contributed by atoms with Gasteiger partial charge in [0, 0.05) is 18.5 Å². The van der Waals surface area contributed by atoms with Gasteiger partial charge in [-0.3, -0.25) is 4.79 Å². The molecule has 1 N–H and O–H groups in total. The van der Waals surface area contributed by atoms with Crippen LogP contribution in [0, 0.1) is 0 Å². The monoisotopic (exact) mass is 323 g/mol. The second-order valence-corrected chi connectivity index (χ2v) is 5.80. The number of carbonyl (C=O) groups excluding carboxylic acids is 1. The first-order chi connectivity index (χ1) is 11.7. The van der Waals surface area contributed by atoms with Gasteiger partial charge in [-0.15, -0.1) is 0 Å². The molecule has 1 aliphatic carbocycles. The van der Waals surface area contributed by atoms with Crippen LogP contribution in [-0.4, -0.2) is 26.7 Å². The van der Waals surface area contributed by atoms with Crippen molar-refractivity contribution in [2.75, 3.05) is 20.8 Å². The summed E-state index contributed by atoms with van der Waals surface area (Å²) in [6.45, 7) is 0.625. The Labute approximate surface area is 142 Å². The topological polar surface area (TPSA) is 47.6 Å². The van der Waals surface area contributed by atoms with Crippen LogP contribution in [0.1, 0.15) is 22.6 Å². The molecule has 124 valence electrons. The lowest BCUT2D eigenvalue weighted by atomic mass is 9.77. The molecular formula is C20H21NO3. The fourth-order valence-electron chi connectivity index (χ4n) is 2.94. The molecule has 4 heteroatoms. The van der Waals surface area contributed by atoms with Gasteiger partial charge in [0.15, 0.2) is 11.5 Å². The average Bonchev–Trinajstić information content (AvgIpc) is 2.61. The van der Waals surface area contributed by atoms with Gasteiger partial charge in [0.25, 0.3) is 0 Å². The third kappa shape index (κ3) is 3.43. The van der Waals surface area contributed by atoms with Crippen molar-refractivity contribution in [1.82, 2.24) is 5.32 Å². The molecule has 0 aliphatic heterocycles. The Morgan fingerprint density at radius 2 is 1.88 bits per heavy atom. The molecule has 2 aromatic rings. The Kier molecular flexibility index (Phi) is 4.85. The summed E-state index contributed by atoms with van der Waals surface area (Å²) in [4.78, 5) is 12.0. The zero-order chi connectivity index (χ0) is 16.9. The van der Waals surface area contributed by atoms with Crippen LogP contribution in [0.3, 0.4) is 0 Å². The first kappa shape index (κ1) is 16.1. The van der Waals surface area contributed by atoms with Gasteiger partial charge < -0.3 is 14.8 Å². The van der Waals surface area contributed by atoms with E-state index in [1.807, 2.05) is 48.5 Å². The molecule has 0 bridgehead atoms. The van der Waals surface area contributed by atoms with Crippen LogP contribution in [0.5, 0.6) is 11.5 Å². The molecule has 1 aliphatic rings. The first-order valence-corrected chi connectivity index (χ1v) is 7.97. The number of fused-ring (bicyclic) bond motifs is 1. The highest BCUT2D eigenvalue weighted by atomic mass is 16.5. The molecule has 0 unspecified atom stereocenters. The third-order valence-electron chi connectivity index (χ3n) is 4.30. The molecule has 24 heavy (non-hydrogen) atoms. The fraction of sp³-hybridized carbons (Fsp3) is 0.250. The predicted molar refractivity (Wildman–Crippen MR) is 94.5 cm³/mol. The summed E-state index contributed by atoms with van der Waals surface area (Å²) >= 11 is 0. The van der Waals surface area contributed by atoms with Crippen molar-refractivity contribution in [3.8, 4) is 11.5 Å². The lowest BCUT2D eigenvalue weighted by molar-refractivity contribution is -0.116. The molecule has 0 saturated heterocycles. The lowest BCUT2D eigenvalue weighted by Gasteiger charge is -2.31. The standard InChI is InChI=1S/C20H21NO3/c1-23-18-11-15-10-16(17(15)12-19(18)24-2)13-21-20(22)9-8-14-6-4-3-5-7-14/h3-9,11-12,16H,10,13H2,1-2H3,(H,21,22)/b9-8-/t16-/m1/s1. The largest absolute Gasteiger partial charge is 0.493 e. The summed E-state index contributed by atoms with van der Waals surface area (Å²) < 4.78 is 10.7. The smallest absolute Gasteiger partial charge is 0.244 e.